The maximum absolute atomic E-state index is 11.7. The van der Waals surface area contributed by atoms with E-state index in [1.54, 1.807) is 0 Å². The van der Waals surface area contributed by atoms with Gasteiger partial charge in [-0.2, -0.15) is 0 Å². The second-order valence-electron chi connectivity index (χ2n) is 3.74. The van der Waals surface area contributed by atoms with Gasteiger partial charge in [-0.25, -0.2) is 0 Å². The molecule has 0 aromatic heterocycles. The van der Waals surface area contributed by atoms with E-state index in [0.29, 0.717) is 0 Å². The van der Waals surface area contributed by atoms with Crippen LogP contribution < -0.4 is 0 Å². The monoisotopic (exact) mass is 328 g/mol. The van der Waals surface area contributed by atoms with E-state index in [4.69, 9.17) is 0 Å². The summed E-state index contributed by atoms with van der Waals surface area (Å²) >= 11 is -0.265. The number of imide groups is 1. The summed E-state index contributed by atoms with van der Waals surface area (Å²) in [5, 5.41) is 0.797. The summed E-state index contributed by atoms with van der Waals surface area (Å²) < 4.78 is 23.2. The molecule has 1 heterocycles. The number of rotatable bonds is 5. The van der Waals surface area contributed by atoms with E-state index in [0.717, 1.165) is 33.6 Å². The number of carbonyl (C=O) groups excluding carboxylic acids is 2. The van der Waals surface area contributed by atoms with Crippen LogP contribution >= 0.6 is 0 Å². The minimum absolute atomic E-state index is 0.0767. The van der Waals surface area contributed by atoms with E-state index in [2.05, 4.69) is 0 Å². The quantitative estimate of drug-likeness (QED) is 0.551. The molecular weight excluding hydrogens is 311 g/mol. The van der Waals surface area contributed by atoms with Gasteiger partial charge in [0.1, 0.15) is 0 Å². The fraction of sp³-hybridized carbons (Fsp3) is 0.778. The fourth-order valence-corrected chi connectivity index (χ4v) is 4.13. The Bertz CT molecular complexity index is 409. The zero-order chi connectivity index (χ0) is 13.1. The Kier molecular flexibility index (Phi) is 4.97. The predicted molar refractivity (Wildman–Crippen MR) is 64.5 cm³/mol. The molecule has 1 rings (SSSR count). The standard InChI is InChI=1S/C9H16N2O4SSe/c1-3-4-7-17-9(13)10-5-6-11(8(10)12)16(2,14)15/h3-7H2,1-2H3. The molecule has 98 valence electrons. The van der Waals surface area contributed by atoms with Gasteiger partial charge in [-0.1, -0.05) is 0 Å². The number of amides is 3. The van der Waals surface area contributed by atoms with E-state index in [-0.39, 0.29) is 32.9 Å². The van der Waals surface area contributed by atoms with Gasteiger partial charge in [-0.3, -0.25) is 0 Å². The summed E-state index contributed by atoms with van der Waals surface area (Å²) in [5.74, 6) is 0. The molecule has 0 N–H and O–H groups in total. The molecule has 17 heavy (non-hydrogen) atoms. The van der Waals surface area contributed by atoms with E-state index < -0.39 is 16.1 Å². The molecule has 0 aromatic carbocycles. The van der Waals surface area contributed by atoms with Gasteiger partial charge in [0.2, 0.25) is 0 Å². The molecule has 0 radical (unpaired) electrons. The number of unbranched alkanes of at least 4 members (excludes halogenated alkanes) is 1. The van der Waals surface area contributed by atoms with Crippen LogP contribution in [0.15, 0.2) is 0 Å². The van der Waals surface area contributed by atoms with Gasteiger partial charge in [0.15, 0.2) is 0 Å². The summed E-state index contributed by atoms with van der Waals surface area (Å²) in [7, 11) is -3.55. The molecule has 0 spiro atoms. The fourth-order valence-electron chi connectivity index (χ4n) is 1.38. The third kappa shape index (κ3) is 3.69. The Morgan fingerprint density at radius 3 is 2.53 bits per heavy atom. The van der Waals surface area contributed by atoms with Crippen molar-refractivity contribution in [3.63, 3.8) is 0 Å². The maximum atomic E-state index is 11.7. The summed E-state index contributed by atoms with van der Waals surface area (Å²) in [6.07, 6.45) is 2.95. The molecule has 0 unspecified atom stereocenters. The van der Waals surface area contributed by atoms with Crippen LogP contribution in [0.5, 0.6) is 0 Å². The van der Waals surface area contributed by atoms with Gasteiger partial charge in [-0.05, 0) is 0 Å². The summed E-state index contributed by atoms with van der Waals surface area (Å²) in [6, 6.07) is -0.698. The van der Waals surface area contributed by atoms with Crippen LogP contribution in [-0.4, -0.2) is 62.8 Å². The van der Waals surface area contributed by atoms with E-state index in [9.17, 15) is 18.0 Å². The Hall–Kier alpha value is -0.591. The molecule has 0 atom stereocenters. The number of carbonyl (C=O) groups is 2. The summed E-state index contributed by atoms with van der Waals surface area (Å²) in [4.78, 5) is 24.2. The Morgan fingerprint density at radius 1 is 1.41 bits per heavy atom. The minimum atomic E-state index is -3.55. The normalized spacial score (nSPS) is 16.7. The zero-order valence-electron chi connectivity index (χ0n) is 9.88. The van der Waals surface area contributed by atoms with Crippen LogP contribution in [0.1, 0.15) is 19.8 Å². The third-order valence-corrected chi connectivity index (χ3v) is 5.47. The zero-order valence-corrected chi connectivity index (χ0v) is 12.4. The molecule has 0 aromatic rings. The van der Waals surface area contributed by atoms with Crippen LogP contribution in [0.4, 0.5) is 9.59 Å². The van der Waals surface area contributed by atoms with Crippen molar-refractivity contribution in [1.29, 1.82) is 0 Å². The number of hydrogen-bond donors (Lipinski definition) is 0. The summed E-state index contributed by atoms with van der Waals surface area (Å²) in [6.45, 7) is 2.29. The average molecular weight is 327 g/mol. The Balaban J connectivity index is 2.58. The molecule has 1 saturated heterocycles. The average Bonchev–Trinajstić information content (AvgIpc) is 2.59. The van der Waals surface area contributed by atoms with E-state index >= 15 is 0 Å². The number of hydrogen-bond acceptors (Lipinski definition) is 4. The van der Waals surface area contributed by atoms with Crippen LogP contribution in [0.2, 0.25) is 5.32 Å². The predicted octanol–water partition coefficient (Wildman–Crippen LogP) is 0.726. The SMILES string of the molecule is CCCC[Se]C(=O)N1CCN(S(C)(=O)=O)C1=O. The third-order valence-electron chi connectivity index (χ3n) is 2.32. The van der Waals surface area contributed by atoms with Gasteiger partial charge in [0.05, 0.1) is 0 Å². The van der Waals surface area contributed by atoms with Crippen molar-refractivity contribution >= 4 is 35.8 Å². The molecule has 3 amide bonds. The number of urea groups is 1. The molecule has 8 heteroatoms. The first-order chi connectivity index (χ1) is 7.88. The first-order valence-corrected chi connectivity index (χ1v) is 9.25. The summed E-state index contributed by atoms with van der Waals surface area (Å²) in [5.41, 5.74) is 0. The second-order valence-corrected chi connectivity index (χ2v) is 7.84. The van der Waals surface area contributed by atoms with Crippen molar-refractivity contribution in [2.24, 2.45) is 0 Å². The van der Waals surface area contributed by atoms with Gasteiger partial charge < -0.3 is 0 Å². The van der Waals surface area contributed by atoms with Crippen LogP contribution in [0.25, 0.3) is 0 Å². The number of nitrogens with zero attached hydrogens (tertiary/aromatic N) is 2. The number of sulfonamides is 1. The van der Waals surface area contributed by atoms with Gasteiger partial charge in [-0.15, -0.1) is 0 Å². The van der Waals surface area contributed by atoms with Crippen molar-refractivity contribution in [3.05, 3.63) is 0 Å². The molecular formula is C9H16N2O4SSe. The van der Waals surface area contributed by atoms with Crippen LogP contribution in [0, 0.1) is 0 Å². The van der Waals surface area contributed by atoms with Crippen molar-refractivity contribution in [3.8, 4) is 0 Å². The van der Waals surface area contributed by atoms with Crippen molar-refractivity contribution < 1.29 is 18.0 Å². The molecule has 0 aliphatic carbocycles. The van der Waals surface area contributed by atoms with Gasteiger partial charge in [0, 0.05) is 0 Å². The molecule has 0 saturated carbocycles. The Labute approximate surface area is 108 Å². The van der Waals surface area contributed by atoms with Crippen molar-refractivity contribution in [2.75, 3.05) is 19.3 Å². The second kappa shape index (κ2) is 5.84. The van der Waals surface area contributed by atoms with Crippen molar-refractivity contribution in [1.82, 2.24) is 9.21 Å². The van der Waals surface area contributed by atoms with Crippen LogP contribution in [0.3, 0.4) is 0 Å². The topological polar surface area (TPSA) is 74.8 Å². The van der Waals surface area contributed by atoms with Crippen LogP contribution in [-0.2, 0) is 10.0 Å². The first-order valence-electron chi connectivity index (χ1n) is 5.34. The first kappa shape index (κ1) is 14.5. The molecule has 1 aliphatic heterocycles. The molecule has 0 bridgehead atoms. The van der Waals surface area contributed by atoms with E-state index in [1.165, 1.54) is 0 Å². The van der Waals surface area contributed by atoms with Gasteiger partial charge >= 0.3 is 107 Å². The van der Waals surface area contributed by atoms with E-state index in [1.807, 2.05) is 6.92 Å². The molecule has 1 fully saturated rings. The van der Waals surface area contributed by atoms with Crippen molar-refractivity contribution in [2.45, 2.75) is 25.1 Å². The Morgan fingerprint density at radius 2 is 2.06 bits per heavy atom. The molecule has 1 aliphatic rings. The van der Waals surface area contributed by atoms with Gasteiger partial charge in [0.25, 0.3) is 0 Å². The molecule has 6 nitrogen and oxygen atoms in total.